The molecule has 2 heterocycles. The van der Waals surface area contributed by atoms with Crippen LogP contribution in [-0.2, 0) is 17.5 Å². The normalized spacial score (nSPS) is 15.1. The van der Waals surface area contributed by atoms with Gasteiger partial charge in [-0.1, -0.05) is 20.1 Å². The van der Waals surface area contributed by atoms with E-state index < -0.39 is 19.7 Å². The van der Waals surface area contributed by atoms with Crippen LogP contribution >= 0.6 is 7.92 Å². The van der Waals surface area contributed by atoms with Gasteiger partial charge in [0, 0.05) is 50.5 Å². The van der Waals surface area contributed by atoms with Gasteiger partial charge in [-0.2, -0.15) is 13.2 Å². The van der Waals surface area contributed by atoms with Crippen molar-refractivity contribution in [1.29, 1.82) is 0 Å². The van der Waals surface area contributed by atoms with E-state index in [9.17, 15) is 18.0 Å². The zero-order valence-corrected chi connectivity index (χ0v) is 22.3. The van der Waals surface area contributed by atoms with E-state index in [4.69, 9.17) is 4.74 Å². The van der Waals surface area contributed by atoms with E-state index in [0.29, 0.717) is 29.3 Å². The Hall–Kier alpha value is -2.97. The summed E-state index contributed by atoms with van der Waals surface area (Å²) in [6.07, 6.45) is -2.51. The Balaban J connectivity index is 1.58. The van der Waals surface area contributed by atoms with E-state index in [1.54, 1.807) is 39.1 Å². The lowest BCUT2D eigenvalue weighted by Crippen LogP contribution is -2.42. The highest BCUT2D eigenvalue weighted by molar-refractivity contribution is 7.66. The van der Waals surface area contributed by atoms with Gasteiger partial charge in [0.2, 0.25) is 5.91 Å². The van der Waals surface area contributed by atoms with Gasteiger partial charge >= 0.3 is 6.18 Å². The van der Waals surface area contributed by atoms with Crippen LogP contribution in [0.1, 0.15) is 17.0 Å². The van der Waals surface area contributed by atoms with Crippen molar-refractivity contribution in [3.05, 3.63) is 53.3 Å². The summed E-state index contributed by atoms with van der Waals surface area (Å²) in [4.78, 5) is 25.0. The number of aromatic nitrogens is 2. The van der Waals surface area contributed by atoms with E-state index in [1.807, 2.05) is 6.07 Å². The number of alkyl halides is 3. The molecule has 198 valence electrons. The van der Waals surface area contributed by atoms with Crippen LogP contribution in [0.15, 0.2) is 36.4 Å². The Morgan fingerprint density at radius 2 is 1.89 bits per heavy atom. The lowest BCUT2D eigenvalue weighted by Gasteiger charge is -2.33. The third kappa shape index (κ3) is 6.48. The summed E-state index contributed by atoms with van der Waals surface area (Å²) in [5.74, 6) is 2.00. The molecule has 7 nitrogen and oxygen atoms in total. The molecule has 1 N–H and O–H groups in total. The lowest BCUT2D eigenvalue weighted by molar-refractivity contribution is -0.137. The van der Waals surface area contributed by atoms with Crippen molar-refractivity contribution in [2.24, 2.45) is 0 Å². The summed E-state index contributed by atoms with van der Waals surface area (Å²) in [5, 5.41) is 5.14. The highest BCUT2D eigenvalue weighted by Gasteiger charge is 2.30. The molecule has 1 aliphatic rings. The van der Waals surface area contributed by atoms with Crippen LogP contribution in [0.5, 0.6) is 5.75 Å². The number of methoxy groups -OCH3 is 1. The Morgan fingerprint density at radius 3 is 2.54 bits per heavy atom. The van der Waals surface area contributed by atoms with Crippen molar-refractivity contribution in [3.63, 3.8) is 0 Å². The molecule has 4 rings (SSSR count). The number of hydrogen-bond acceptors (Lipinski definition) is 6. The molecule has 1 aliphatic heterocycles. The molecule has 0 radical (unpaired) electrons. The van der Waals surface area contributed by atoms with Gasteiger partial charge in [0.05, 0.1) is 24.7 Å². The Morgan fingerprint density at radius 1 is 1.16 bits per heavy atom. The number of carbonyl (C=O) groups is 1. The molecule has 0 atom stereocenters. The number of halogens is 3. The Labute approximate surface area is 215 Å². The fourth-order valence-corrected chi connectivity index (χ4v) is 6.86. The first-order valence-corrected chi connectivity index (χ1v) is 13.7. The standard InChI is InChI=1S/C26H31F3N5O2P/c1-17-31-21-14-22(36-4)23(37-10-8-34(9-11-37)16-24(35)33(2)3)13-20(21)25(32-17)30-15-18-6-5-7-19(12-18)26(27,28)29/h5-7,12-14H,8-11,15-16H2,1-4H3,(H,30,31,32). The van der Waals surface area contributed by atoms with Gasteiger partial charge in [-0.3, -0.25) is 9.69 Å². The molecule has 0 aliphatic carbocycles. The molecular weight excluding hydrogens is 502 g/mol. The van der Waals surface area contributed by atoms with Crippen molar-refractivity contribution in [2.75, 3.05) is 58.5 Å². The largest absolute Gasteiger partial charge is 0.496 e. The molecule has 3 aromatic rings. The summed E-state index contributed by atoms with van der Waals surface area (Å²) in [7, 11) is 4.65. The van der Waals surface area contributed by atoms with Gasteiger partial charge in [-0.25, -0.2) is 9.97 Å². The monoisotopic (exact) mass is 533 g/mol. The first kappa shape index (κ1) is 27.1. The predicted molar refractivity (Wildman–Crippen MR) is 141 cm³/mol. The van der Waals surface area contributed by atoms with Crippen LogP contribution in [-0.4, -0.2) is 78.8 Å². The number of nitrogens with one attached hydrogen (secondary N) is 1. The van der Waals surface area contributed by atoms with Gasteiger partial charge in [0.15, 0.2) is 0 Å². The molecule has 1 saturated heterocycles. The molecule has 0 unspecified atom stereocenters. The third-order valence-electron chi connectivity index (χ3n) is 6.39. The van der Waals surface area contributed by atoms with E-state index in [-0.39, 0.29) is 12.5 Å². The summed E-state index contributed by atoms with van der Waals surface area (Å²) in [6, 6.07) is 9.26. The number of aryl methyl sites for hydroxylation is 1. The second-order valence-corrected chi connectivity index (χ2v) is 11.7. The average Bonchev–Trinajstić information content (AvgIpc) is 2.86. The van der Waals surface area contributed by atoms with Crippen molar-refractivity contribution >= 4 is 35.9 Å². The number of rotatable bonds is 7. The molecular formula is C26H31F3N5O2P. The third-order valence-corrected chi connectivity index (χ3v) is 8.90. The molecule has 1 aromatic heterocycles. The molecule has 1 amide bonds. The van der Waals surface area contributed by atoms with E-state index >= 15 is 0 Å². The summed E-state index contributed by atoms with van der Waals surface area (Å²) >= 11 is 0. The van der Waals surface area contributed by atoms with Crippen LogP contribution in [0.25, 0.3) is 10.9 Å². The van der Waals surface area contributed by atoms with Crippen molar-refractivity contribution in [2.45, 2.75) is 19.6 Å². The van der Waals surface area contributed by atoms with Crippen LogP contribution < -0.4 is 15.4 Å². The average molecular weight is 534 g/mol. The van der Waals surface area contributed by atoms with Gasteiger partial charge in [0.1, 0.15) is 17.4 Å². The van der Waals surface area contributed by atoms with Crippen molar-refractivity contribution in [3.8, 4) is 5.75 Å². The molecule has 11 heteroatoms. The Bertz CT molecular complexity index is 1280. The molecule has 0 spiro atoms. The molecule has 0 bridgehead atoms. The summed E-state index contributed by atoms with van der Waals surface area (Å²) in [5.41, 5.74) is 0.547. The number of hydrogen-bond donors (Lipinski definition) is 1. The van der Waals surface area contributed by atoms with Gasteiger partial charge in [-0.05, 0) is 43.0 Å². The maximum atomic E-state index is 13.1. The molecule has 0 saturated carbocycles. The van der Waals surface area contributed by atoms with E-state index in [2.05, 4.69) is 26.3 Å². The number of likely N-dealkylation sites (N-methyl/N-ethyl adjacent to an activating group) is 1. The van der Waals surface area contributed by atoms with Crippen LogP contribution in [0.3, 0.4) is 0 Å². The minimum absolute atomic E-state index is 0.0959. The molecule has 2 aromatic carbocycles. The van der Waals surface area contributed by atoms with Gasteiger partial charge < -0.3 is 15.0 Å². The number of ether oxygens (including phenoxy) is 1. The maximum Gasteiger partial charge on any atom is 0.416 e. The number of carbonyl (C=O) groups excluding carboxylic acids is 1. The second-order valence-electron chi connectivity index (χ2n) is 9.26. The minimum atomic E-state index is -4.39. The zero-order valence-electron chi connectivity index (χ0n) is 21.4. The molecule has 1 fully saturated rings. The second kappa shape index (κ2) is 11.2. The number of fused-ring (bicyclic) bond motifs is 1. The number of nitrogens with zero attached hydrogens (tertiary/aromatic N) is 4. The number of anilines is 1. The van der Waals surface area contributed by atoms with Crippen molar-refractivity contribution < 1.29 is 22.7 Å². The first-order chi connectivity index (χ1) is 17.5. The SMILES string of the molecule is COc1cc2nc(C)nc(NCc3cccc(C(F)(F)F)c3)c2cc1P1CCN(CC(=O)N(C)C)CC1. The van der Waals surface area contributed by atoms with Crippen LogP contribution in [0.4, 0.5) is 19.0 Å². The summed E-state index contributed by atoms with van der Waals surface area (Å²) in [6.45, 7) is 4.06. The maximum absolute atomic E-state index is 13.1. The van der Waals surface area contributed by atoms with Crippen LogP contribution in [0, 0.1) is 6.92 Å². The smallest absolute Gasteiger partial charge is 0.416 e. The fraction of sp³-hybridized carbons (Fsp3) is 0.423. The van der Waals surface area contributed by atoms with Crippen molar-refractivity contribution in [1.82, 2.24) is 19.8 Å². The van der Waals surface area contributed by atoms with E-state index in [0.717, 1.165) is 54.0 Å². The quantitative estimate of drug-likeness (QED) is 0.462. The number of amides is 1. The van der Waals surface area contributed by atoms with E-state index in [1.165, 1.54) is 6.07 Å². The van der Waals surface area contributed by atoms with Gasteiger partial charge in [0.25, 0.3) is 0 Å². The highest BCUT2D eigenvalue weighted by atomic mass is 31.1. The Kier molecular flexibility index (Phi) is 8.19. The van der Waals surface area contributed by atoms with Crippen LogP contribution in [0.2, 0.25) is 0 Å². The van der Waals surface area contributed by atoms with Gasteiger partial charge in [-0.15, -0.1) is 0 Å². The predicted octanol–water partition coefficient (Wildman–Crippen LogP) is 4.09. The molecule has 37 heavy (non-hydrogen) atoms. The topological polar surface area (TPSA) is 70.6 Å². The number of benzene rings is 2. The highest BCUT2D eigenvalue weighted by Crippen LogP contribution is 2.42. The zero-order chi connectivity index (χ0) is 26.7. The lowest BCUT2D eigenvalue weighted by atomic mass is 10.1. The first-order valence-electron chi connectivity index (χ1n) is 12.0. The minimum Gasteiger partial charge on any atom is -0.496 e. The fourth-order valence-electron chi connectivity index (χ4n) is 4.33. The summed E-state index contributed by atoms with van der Waals surface area (Å²) < 4.78 is 45.1.